The van der Waals surface area contributed by atoms with E-state index in [1.165, 1.54) is 6.42 Å². The summed E-state index contributed by atoms with van der Waals surface area (Å²) in [6.45, 7) is 4.35. The second kappa shape index (κ2) is 9.48. The van der Waals surface area contributed by atoms with Crippen LogP contribution in [0.4, 0.5) is 11.6 Å². The van der Waals surface area contributed by atoms with Crippen LogP contribution in [0.5, 0.6) is 0 Å². The number of rotatable bonds is 7. The highest BCUT2D eigenvalue weighted by atomic mass is 16.3. The maximum Gasteiger partial charge on any atom is 0.134 e. The smallest absolute Gasteiger partial charge is 0.134 e. The summed E-state index contributed by atoms with van der Waals surface area (Å²) in [6.07, 6.45) is 8.09. The molecule has 2 N–H and O–H groups in total. The molecule has 0 spiro atoms. The predicted molar refractivity (Wildman–Crippen MR) is 104 cm³/mol. The molecule has 0 bridgehead atoms. The highest BCUT2D eigenvalue weighted by Crippen LogP contribution is 2.27. The zero-order valence-electron chi connectivity index (χ0n) is 15.9. The first-order valence-electron chi connectivity index (χ1n) is 9.98. The Labute approximate surface area is 156 Å². The second-order valence-corrected chi connectivity index (χ2v) is 7.54. The van der Waals surface area contributed by atoms with E-state index >= 15 is 0 Å². The second-order valence-electron chi connectivity index (χ2n) is 7.54. The molecule has 0 radical (unpaired) electrons. The first kappa shape index (κ1) is 19.3. The van der Waals surface area contributed by atoms with Gasteiger partial charge < -0.3 is 24.9 Å². The van der Waals surface area contributed by atoms with Gasteiger partial charge >= 0.3 is 0 Å². The summed E-state index contributed by atoms with van der Waals surface area (Å²) in [5.74, 6) is 1.93. The van der Waals surface area contributed by atoms with Crippen LogP contribution in [0.1, 0.15) is 38.5 Å². The lowest BCUT2D eigenvalue weighted by molar-refractivity contribution is 0.184. The fraction of sp³-hybridized carbons (Fsp3) is 0.789. The van der Waals surface area contributed by atoms with Crippen molar-refractivity contribution in [1.82, 2.24) is 14.9 Å². The van der Waals surface area contributed by atoms with Crippen molar-refractivity contribution in [2.45, 2.75) is 50.6 Å². The molecular formula is C19H33N5O2. The van der Waals surface area contributed by atoms with Crippen LogP contribution in [0.15, 0.2) is 12.4 Å². The minimum Gasteiger partial charge on any atom is -0.396 e. The van der Waals surface area contributed by atoms with Crippen LogP contribution in [-0.4, -0.2) is 83.6 Å². The van der Waals surface area contributed by atoms with Gasteiger partial charge in [0, 0.05) is 44.9 Å². The molecule has 1 atom stereocenters. The lowest BCUT2D eigenvalue weighted by Crippen LogP contribution is -2.44. The van der Waals surface area contributed by atoms with Gasteiger partial charge in [-0.1, -0.05) is 0 Å². The SMILES string of the molecule is CN(CCCO)C1CCN(c2cc(N3CCCCC3CO)ncn2)CC1. The topological polar surface area (TPSA) is 76.0 Å². The number of hydrogen-bond acceptors (Lipinski definition) is 7. The summed E-state index contributed by atoms with van der Waals surface area (Å²) in [4.78, 5) is 15.9. The van der Waals surface area contributed by atoms with Crippen molar-refractivity contribution in [2.75, 3.05) is 56.2 Å². The summed E-state index contributed by atoms with van der Waals surface area (Å²) in [7, 11) is 2.16. The molecule has 1 unspecified atom stereocenters. The highest BCUT2D eigenvalue weighted by molar-refractivity contribution is 5.51. The number of nitrogens with zero attached hydrogens (tertiary/aromatic N) is 5. The molecule has 2 fully saturated rings. The van der Waals surface area contributed by atoms with Crippen LogP contribution in [0.2, 0.25) is 0 Å². The fourth-order valence-corrected chi connectivity index (χ4v) is 4.20. The Morgan fingerprint density at radius 1 is 1.08 bits per heavy atom. The third kappa shape index (κ3) is 4.64. The van der Waals surface area contributed by atoms with Gasteiger partial charge in [-0.15, -0.1) is 0 Å². The molecular weight excluding hydrogens is 330 g/mol. The van der Waals surface area contributed by atoms with E-state index in [2.05, 4.69) is 37.8 Å². The lowest BCUT2D eigenvalue weighted by Gasteiger charge is -2.38. The molecule has 2 saturated heterocycles. The first-order chi connectivity index (χ1) is 12.7. The van der Waals surface area contributed by atoms with Crippen LogP contribution in [0, 0.1) is 0 Å². The van der Waals surface area contributed by atoms with E-state index in [-0.39, 0.29) is 19.3 Å². The van der Waals surface area contributed by atoms with Gasteiger partial charge in [0.1, 0.15) is 18.0 Å². The van der Waals surface area contributed by atoms with Crippen LogP contribution >= 0.6 is 0 Å². The molecule has 0 aromatic carbocycles. The van der Waals surface area contributed by atoms with Gasteiger partial charge in [0.15, 0.2) is 0 Å². The average Bonchev–Trinajstić information content (AvgIpc) is 2.72. The molecule has 2 aliphatic rings. The van der Waals surface area contributed by atoms with Crippen LogP contribution in [-0.2, 0) is 0 Å². The number of hydrogen-bond donors (Lipinski definition) is 2. The third-order valence-electron chi connectivity index (χ3n) is 5.85. The van der Waals surface area contributed by atoms with E-state index in [0.717, 1.165) is 69.9 Å². The Hall–Kier alpha value is -1.44. The van der Waals surface area contributed by atoms with Gasteiger partial charge in [-0.3, -0.25) is 0 Å². The molecule has 3 rings (SSSR count). The van der Waals surface area contributed by atoms with E-state index in [4.69, 9.17) is 5.11 Å². The molecule has 0 aliphatic carbocycles. The molecule has 1 aromatic heterocycles. The van der Waals surface area contributed by atoms with Crippen molar-refractivity contribution in [3.63, 3.8) is 0 Å². The molecule has 26 heavy (non-hydrogen) atoms. The van der Waals surface area contributed by atoms with E-state index in [1.807, 2.05) is 0 Å². The van der Waals surface area contributed by atoms with Crippen molar-refractivity contribution >= 4 is 11.6 Å². The minimum absolute atomic E-state index is 0.178. The van der Waals surface area contributed by atoms with E-state index < -0.39 is 0 Å². The normalized spacial score (nSPS) is 22.2. The van der Waals surface area contributed by atoms with Gasteiger partial charge in [0.05, 0.1) is 12.6 Å². The Balaban J connectivity index is 1.60. The number of aliphatic hydroxyl groups is 2. The van der Waals surface area contributed by atoms with E-state index in [1.54, 1.807) is 6.33 Å². The van der Waals surface area contributed by atoms with Gasteiger partial charge in [-0.2, -0.15) is 0 Å². The predicted octanol–water partition coefficient (Wildman–Crippen LogP) is 1.11. The molecule has 7 nitrogen and oxygen atoms in total. The van der Waals surface area contributed by atoms with Crippen LogP contribution < -0.4 is 9.80 Å². The highest BCUT2D eigenvalue weighted by Gasteiger charge is 2.26. The molecule has 3 heterocycles. The zero-order valence-corrected chi connectivity index (χ0v) is 15.9. The Kier molecular flexibility index (Phi) is 7.05. The first-order valence-corrected chi connectivity index (χ1v) is 9.98. The largest absolute Gasteiger partial charge is 0.396 e. The molecule has 7 heteroatoms. The summed E-state index contributed by atoms with van der Waals surface area (Å²) < 4.78 is 0. The zero-order chi connectivity index (χ0) is 18.4. The van der Waals surface area contributed by atoms with Crippen molar-refractivity contribution in [3.05, 3.63) is 12.4 Å². The Morgan fingerprint density at radius 3 is 2.58 bits per heavy atom. The fourth-order valence-electron chi connectivity index (χ4n) is 4.20. The Bertz CT molecular complexity index is 550. The quantitative estimate of drug-likeness (QED) is 0.751. The lowest BCUT2D eigenvalue weighted by atomic mass is 10.0. The van der Waals surface area contributed by atoms with E-state index in [0.29, 0.717) is 6.04 Å². The monoisotopic (exact) mass is 363 g/mol. The molecule has 146 valence electrons. The number of anilines is 2. The molecule has 2 aliphatic heterocycles. The standard InChI is InChI=1S/C19H33N5O2/c1-22(8-4-12-25)16-6-10-23(11-7-16)18-13-19(21-15-20-18)24-9-3-2-5-17(24)14-26/h13,15-17,25-26H,2-12,14H2,1H3. The van der Waals surface area contributed by atoms with Crippen molar-refractivity contribution in [3.8, 4) is 0 Å². The van der Waals surface area contributed by atoms with Gasteiger partial charge in [0.25, 0.3) is 0 Å². The summed E-state index contributed by atoms with van der Waals surface area (Å²) in [5.41, 5.74) is 0. The molecule has 1 aromatic rings. The van der Waals surface area contributed by atoms with Crippen molar-refractivity contribution in [1.29, 1.82) is 0 Å². The summed E-state index contributed by atoms with van der Waals surface area (Å²) in [5, 5.41) is 18.7. The minimum atomic E-state index is 0.178. The number of aliphatic hydroxyl groups excluding tert-OH is 2. The summed E-state index contributed by atoms with van der Waals surface area (Å²) >= 11 is 0. The van der Waals surface area contributed by atoms with Gasteiger partial charge in [-0.05, 0) is 45.6 Å². The molecule has 0 amide bonds. The van der Waals surface area contributed by atoms with Crippen molar-refractivity contribution < 1.29 is 10.2 Å². The molecule has 0 saturated carbocycles. The Morgan fingerprint density at radius 2 is 1.85 bits per heavy atom. The van der Waals surface area contributed by atoms with Gasteiger partial charge in [-0.25, -0.2) is 9.97 Å². The van der Waals surface area contributed by atoms with Crippen molar-refractivity contribution in [2.24, 2.45) is 0 Å². The maximum absolute atomic E-state index is 9.67. The average molecular weight is 364 g/mol. The van der Waals surface area contributed by atoms with E-state index in [9.17, 15) is 5.11 Å². The van der Waals surface area contributed by atoms with Gasteiger partial charge in [0.2, 0.25) is 0 Å². The number of aromatic nitrogens is 2. The maximum atomic E-state index is 9.67. The summed E-state index contributed by atoms with van der Waals surface area (Å²) in [6, 6.07) is 2.85. The number of piperidine rings is 2. The third-order valence-corrected chi connectivity index (χ3v) is 5.85. The van der Waals surface area contributed by atoms with Crippen LogP contribution in [0.25, 0.3) is 0 Å². The van der Waals surface area contributed by atoms with Crippen LogP contribution in [0.3, 0.4) is 0 Å².